The largest absolute Gasteiger partial charge is 0.497 e. The topological polar surface area (TPSA) is 58.9 Å². The van der Waals surface area contributed by atoms with E-state index < -0.39 is 0 Å². The van der Waals surface area contributed by atoms with Crippen molar-refractivity contribution in [2.75, 3.05) is 33.8 Å². The molecule has 6 heteroatoms. The Morgan fingerprint density at radius 3 is 2.69 bits per heavy atom. The third kappa shape index (κ3) is 5.40. The summed E-state index contributed by atoms with van der Waals surface area (Å²) in [6.07, 6.45) is 3.09. The number of nitrogens with zero attached hydrogens (tertiary/aromatic N) is 3. The summed E-state index contributed by atoms with van der Waals surface area (Å²) < 4.78 is 7.10. The van der Waals surface area contributed by atoms with Crippen LogP contribution in [0.25, 0.3) is 0 Å². The molecule has 0 bridgehead atoms. The highest BCUT2D eigenvalue weighted by atomic mass is 16.5. The van der Waals surface area contributed by atoms with Gasteiger partial charge in [0.25, 0.3) is 5.56 Å². The van der Waals surface area contributed by atoms with E-state index in [-0.39, 0.29) is 5.56 Å². The first-order chi connectivity index (χ1) is 14.1. The number of aryl methyl sites for hydroxylation is 1. The van der Waals surface area contributed by atoms with Gasteiger partial charge >= 0.3 is 0 Å². The molecule has 0 spiro atoms. The molecule has 1 fully saturated rings. The van der Waals surface area contributed by atoms with E-state index in [9.17, 15) is 4.79 Å². The molecule has 29 heavy (non-hydrogen) atoms. The highest BCUT2D eigenvalue weighted by Gasteiger charge is 2.25. The van der Waals surface area contributed by atoms with E-state index in [2.05, 4.69) is 27.3 Å². The second kappa shape index (κ2) is 10.1. The molecule has 1 atom stereocenters. The van der Waals surface area contributed by atoms with Crippen LogP contribution in [0.15, 0.2) is 52.3 Å². The second-order valence-corrected chi connectivity index (χ2v) is 7.54. The molecular formula is C23H32N4O2. The zero-order valence-corrected chi connectivity index (χ0v) is 17.7. The Labute approximate surface area is 173 Å². The maximum Gasteiger partial charge on any atom is 0.250 e. The number of likely N-dealkylation sites (tertiary alicyclic amines) is 1. The number of aromatic nitrogens is 1. The standard InChI is InChI=1S/C23H32N4O2/c1-18-7-6-8-22(28)27(18)15-5-4-14-25-23(24-2)26-16-13-20(17-26)19-9-11-21(29-3)12-10-19/h6-12,20H,4-5,13-17H2,1-3H3,(H,24,25). The van der Waals surface area contributed by atoms with Crippen molar-refractivity contribution in [1.82, 2.24) is 14.8 Å². The molecule has 2 aromatic rings. The first-order valence-corrected chi connectivity index (χ1v) is 10.4. The minimum Gasteiger partial charge on any atom is -0.497 e. The molecule has 1 unspecified atom stereocenters. The number of unbranched alkanes of at least 4 members (excludes halogenated alkanes) is 1. The Morgan fingerprint density at radius 2 is 2.00 bits per heavy atom. The molecule has 0 amide bonds. The maximum absolute atomic E-state index is 11.9. The van der Waals surface area contributed by atoms with Gasteiger partial charge in [0.05, 0.1) is 7.11 Å². The molecule has 1 N–H and O–H groups in total. The molecular weight excluding hydrogens is 364 g/mol. The number of aliphatic imine (C=N–C) groups is 1. The Kier molecular flexibility index (Phi) is 7.33. The number of methoxy groups -OCH3 is 1. The van der Waals surface area contributed by atoms with Gasteiger partial charge in [0.2, 0.25) is 0 Å². The predicted octanol–water partition coefficient (Wildman–Crippen LogP) is 3.01. The van der Waals surface area contributed by atoms with Gasteiger partial charge in [-0.15, -0.1) is 0 Å². The number of nitrogens with one attached hydrogen (secondary N) is 1. The fraction of sp³-hybridized carbons (Fsp3) is 0.478. The number of benzene rings is 1. The summed E-state index contributed by atoms with van der Waals surface area (Å²) in [7, 11) is 3.54. The van der Waals surface area contributed by atoms with E-state index >= 15 is 0 Å². The number of pyridine rings is 1. The summed E-state index contributed by atoms with van der Waals surface area (Å²) >= 11 is 0. The molecule has 1 aliphatic heterocycles. The zero-order chi connectivity index (χ0) is 20.6. The highest BCUT2D eigenvalue weighted by molar-refractivity contribution is 5.80. The average Bonchev–Trinajstić information content (AvgIpc) is 3.22. The van der Waals surface area contributed by atoms with E-state index in [1.54, 1.807) is 13.2 Å². The average molecular weight is 397 g/mol. The summed E-state index contributed by atoms with van der Waals surface area (Å²) in [5.74, 6) is 2.38. The zero-order valence-electron chi connectivity index (χ0n) is 17.7. The summed E-state index contributed by atoms with van der Waals surface area (Å²) in [6.45, 7) is 5.58. The number of guanidine groups is 1. The van der Waals surface area contributed by atoms with Crippen molar-refractivity contribution < 1.29 is 4.74 Å². The van der Waals surface area contributed by atoms with Gasteiger partial charge in [-0.1, -0.05) is 18.2 Å². The molecule has 0 aliphatic carbocycles. The Balaban J connectivity index is 1.44. The Hall–Kier alpha value is -2.76. The summed E-state index contributed by atoms with van der Waals surface area (Å²) in [4.78, 5) is 18.7. The van der Waals surface area contributed by atoms with Crippen molar-refractivity contribution in [1.29, 1.82) is 0 Å². The van der Waals surface area contributed by atoms with E-state index in [4.69, 9.17) is 4.74 Å². The number of ether oxygens (including phenoxy) is 1. The lowest BCUT2D eigenvalue weighted by molar-refractivity contribution is 0.414. The lowest BCUT2D eigenvalue weighted by Crippen LogP contribution is -2.40. The van der Waals surface area contributed by atoms with Crippen molar-refractivity contribution in [2.45, 2.75) is 38.6 Å². The number of rotatable bonds is 7. The first-order valence-electron chi connectivity index (χ1n) is 10.4. The van der Waals surface area contributed by atoms with Crippen LogP contribution in [0.2, 0.25) is 0 Å². The monoisotopic (exact) mass is 396 g/mol. The number of hydrogen-bond donors (Lipinski definition) is 1. The van der Waals surface area contributed by atoms with E-state index in [0.717, 1.165) is 62.8 Å². The van der Waals surface area contributed by atoms with Gasteiger partial charge < -0.3 is 19.5 Å². The third-order valence-electron chi connectivity index (χ3n) is 5.65. The molecule has 6 nitrogen and oxygen atoms in total. The third-order valence-corrected chi connectivity index (χ3v) is 5.65. The van der Waals surface area contributed by atoms with Gasteiger partial charge in [-0.3, -0.25) is 9.79 Å². The molecule has 2 heterocycles. The first kappa shape index (κ1) is 21.0. The fourth-order valence-corrected chi connectivity index (χ4v) is 3.94. The van der Waals surface area contributed by atoms with Crippen molar-refractivity contribution in [3.05, 3.63) is 64.1 Å². The van der Waals surface area contributed by atoms with Gasteiger partial charge in [-0.2, -0.15) is 0 Å². The molecule has 3 rings (SSSR count). The van der Waals surface area contributed by atoms with Crippen LogP contribution in [0.3, 0.4) is 0 Å². The molecule has 1 aromatic heterocycles. The van der Waals surface area contributed by atoms with Crippen LogP contribution in [-0.4, -0.2) is 49.2 Å². The Morgan fingerprint density at radius 1 is 1.21 bits per heavy atom. The number of hydrogen-bond acceptors (Lipinski definition) is 3. The summed E-state index contributed by atoms with van der Waals surface area (Å²) in [5, 5.41) is 3.49. The van der Waals surface area contributed by atoms with Crippen molar-refractivity contribution in [3.63, 3.8) is 0 Å². The molecule has 0 radical (unpaired) electrons. The van der Waals surface area contributed by atoms with Crippen LogP contribution in [0, 0.1) is 6.92 Å². The van der Waals surface area contributed by atoms with Crippen LogP contribution in [0.5, 0.6) is 5.75 Å². The van der Waals surface area contributed by atoms with Crippen molar-refractivity contribution in [3.8, 4) is 5.75 Å². The molecule has 1 saturated heterocycles. The smallest absolute Gasteiger partial charge is 0.250 e. The lowest BCUT2D eigenvalue weighted by atomic mass is 9.98. The SMILES string of the molecule is CN=C(NCCCCn1c(C)cccc1=O)N1CCC(c2ccc(OC)cc2)C1. The summed E-state index contributed by atoms with van der Waals surface area (Å²) in [5.41, 5.74) is 2.45. The highest BCUT2D eigenvalue weighted by Crippen LogP contribution is 2.28. The van der Waals surface area contributed by atoms with Gasteiger partial charge in [0, 0.05) is 50.9 Å². The Bertz CT molecular complexity index is 873. The van der Waals surface area contributed by atoms with Crippen LogP contribution in [-0.2, 0) is 6.54 Å². The van der Waals surface area contributed by atoms with Crippen LogP contribution in [0.4, 0.5) is 0 Å². The normalized spacial score (nSPS) is 16.9. The fourth-order valence-electron chi connectivity index (χ4n) is 3.94. The van der Waals surface area contributed by atoms with Gasteiger partial charge in [-0.25, -0.2) is 0 Å². The molecule has 156 valence electrons. The van der Waals surface area contributed by atoms with Crippen molar-refractivity contribution >= 4 is 5.96 Å². The second-order valence-electron chi connectivity index (χ2n) is 7.54. The lowest BCUT2D eigenvalue weighted by Gasteiger charge is -2.22. The van der Waals surface area contributed by atoms with Crippen LogP contribution < -0.4 is 15.6 Å². The van der Waals surface area contributed by atoms with Gasteiger partial charge in [0.15, 0.2) is 5.96 Å². The van der Waals surface area contributed by atoms with Crippen molar-refractivity contribution in [2.24, 2.45) is 4.99 Å². The predicted molar refractivity (Wildman–Crippen MR) is 118 cm³/mol. The van der Waals surface area contributed by atoms with Crippen LogP contribution >= 0.6 is 0 Å². The van der Waals surface area contributed by atoms with E-state index in [1.807, 2.05) is 42.8 Å². The maximum atomic E-state index is 11.9. The van der Waals surface area contributed by atoms with Gasteiger partial charge in [-0.05, 0) is 49.9 Å². The molecule has 1 aromatic carbocycles. The van der Waals surface area contributed by atoms with Gasteiger partial charge in [0.1, 0.15) is 5.75 Å². The summed E-state index contributed by atoms with van der Waals surface area (Å²) in [6, 6.07) is 13.8. The van der Waals surface area contributed by atoms with Crippen LogP contribution in [0.1, 0.15) is 36.4 Å². The quantitative estimate of drug-likeness (QED) is 0.444. The van der Waals surface area contributed by atoms with E-state index in [1.165, 1.54) is 5.56 Å². The minimum atomic E-state index is 0.0791. The molecule has 0 saturated carbocycles. The minimum absolute atomic E-state index is 0.0791. The molecule has 1 aliphatic rings. The van der Waals surface area contributed by atoms with E-state index in [0.29, 0.717) is 5.92 Å².